The molecule has 0 aromatic rings. The smallest absolute Gasteiger partial charge is 0.104 e. The lowest BCUT2D eigenvalue weighted by atomic mass is 10.6. The molecule has 0 atom stereocenters. The van der Waals surface area contributed by atoms with E-state index in [9.17, 15) is 0 Å². The lowest BCUT2D eigenvalue weighted by Gasteiger charge is -1.91. The molecule has 0 heterocycles. The second-order valence-electron chi connectivity index (χ2n) is 1.30. The fourth-order valence-electron chi connectivity index (χ4n) is 0.294. The lowest BCUT2D eigenvalue weighted by Crippen LogP contribution is -2.11. The first-order valence-electron chi connectivity index (χ1n) is 2.49. The van der Waals surface area contributed by atoms with E-state index in [0.717, 1.165) is 13.1 Å². The highest BCUT2D eigenvalue weighted by Crippen LogP contribution is 2.03. The van der Waals surface area contributed by atoms with Crippen molar-refractivity contribution in [2.75, 3.05) is 13.1 Å². The van der Waals surface area contributed by atoms with Gasteiger partial charge in [-0.1, -0.05) is 30.1 Å². The van der Waals surface area contributed by atoms with Crippen LogP contribution in [0.1, 0.15) is 6.92 Å². The van der Waals surface area contributed by atoms with E-state index in [1.165, 1.54) is 0 Å². The summed E-state index contributed by atoms with van der Waals surface area (Å²) in [7, 11) is 0. The monoisotopic (exact) mass is 153 g/mol. The molecule has 1 nitrogen and oxygen atoms in total. The van der Waals surface area contributed by atoms with Gasteiger partial charge in [-0.25, -0.2) is 0 Å². The van der Waals surface area contributed by atoms with Crippen LogP contribution in [0.15, 0.2) is 10.6 Å². The molecule has 0 bridgehead atoms. The highest BCUT2D eigenvalue weighted by atomic mass is 35.5. The molecule has 0 rings (SSSR count). The Bertz CT molecular complexity index is 76.5. The van der Waals surface area contributed by atoms with Crippen LogP contribution in [0.2, 0.25) is 0 Å². The molecule has 48 valence electrons. The summed E-state index contributed by atoms with van der Waals surface area (Å²) in [5.41, 5.74) is 0. The summed E-state index contributed by atoms with van der Waals surface area (Å²) < 4.78 is 0.325. The number of halogens is 2. The van der Waals surface area contributed by atoms with Gasteiger partial charge in [0.05, 0.1) is 0 Å². The minimum atomic E-state index is 0.325. The van der Waals surface area contributed by atoms with Crippen LogP contribution < -0.4 is 5.32 Å². The number of hydrogen-bond acceptors (Lipinski definition) is 1. The van der Waals surface area contributed by atoms with Gasteiger partial charge in [0.15, 0.2) is 0 Å². The zero-order valence-corrected chi connectivity index (χ0v) is 6.26. The van der Waals surface area contributed by atoms with Crippen molar-refractivity contribution < 1.29 is 0 Å². The summed E-state index contributed by atoms with van der Waals surface area (Å²) in [4.78, 5) is 0. The topological polar surface area (TPSA) is 12.0 Å². The highest BCUT2D eigenvalue weighted by Gasteiger charge is 1.79. The molecular weight excluding hydrogens is 145 g/mol. The van der Waals surface area contributed by atoms with E-state index in [0.29, 0.717) is 4.49 Å². The van der Waals surface area contributed by atoms with Gasteiger partial charge in [-0.3, -0.25) is 0 Å². The first-order valence-corrected chi connectivity index (χ1v) is 3.25. The molecule has 0 radical (unpaired) electrons. The summed E-state index contributed by atoms with van der Waals surface area (Å²) >= 11 is 10.6. The summed E-state index contributed by atoms with van der Waals surface area (Å²) in [5.74, 6) is 0. The molecule has 0 aliphatic carbocycles. The van der Waals surface area contributed by atoms with Gasteiger partial charge in [-0.15, -0.1) is 0 Å². The number of nitrogens with one attached hydrogen (secondary N) is 1. The Morgan fingerprint density at radius 2 is 2.25 bits per heavy atom. The van der Waals surface area contributed by atoms with Gasteiger partial charge >= 0.3 is 0 Å². The highest BCUT2D eigenvalue weighted by molar-refractivity contribution is 6.55. The minimum absolute atomic E-state index is 0.325. The van der Waals surface area contributed by atoms with E-state index in [4.69, 9.17) is 23.2 Å². The van der Waals surface area contributed by atoms with E-state index in [1.807, 2.05) is 6.92 Å². The first-order chi connectivity index (χ1) is 3.77. The predicted octanol–water partition coefficient (Wildman–Crippen LogP) is 1.91. The Kier molecular flexibility index (Phi) is 5.61. The maximum Gasteiger partial charge on any atom is 0.104 e. The van der Waals surface area contributed by atoms with E-state index >= 15 is 0 Å². The predicted molar refractivity (Wildman–Crippen MR) is 38.3 cm³/mol. The Morgan fingerprint density at radius 1 is 1.62 bits per heavy atom. The van der Waals surface area contributed by atoms with E-state index in [2.05, 4.69) is 5.32 Å². The van der Waals surface area contributed by atoms with Crippen molar-refractivity contribution in [2.24, 2.45) is 0 Å². The molecule has 0 saturated heterocycles. The van der Waals surface area contributed by atoms with Crippen LogP contribution in [0.25, 0.3) is 0 Å². The van der Waals surface area contributed by atoms with Crippen molar-refractivity contribution >= 4 is 23.2 Å². The normalized spacial score (nSPS) is 8.88. The molecule has 0 spiro atoms. The summed E-state index contributed by atoms with van der Waals surface area (Å²) in [6.07, 6.45) is 1.71. The van der Waals surface area contributed by atoms with Crippen molar-refractivity contribution in [2.45, 2.75) is 6.92 Å². The number of hydrogen-bond donors (Lipinski definition) is 1. The molecular formula is C5H9Cl2N. The van der Waals surface area contributed by atoms with Crippen LogP contribution in [0, 0.1) is 0 Å². The molecule has 0 unspecified atom stereocenters. The molecule has 3 heteroatoms. The van der Waals surface area contributed by atoms with Crippen LogP contribution >= 0.6 is 23.2 Å². The van der Waals surface area contributed by atoms with Crippen LogP contribution in [0.5, 0.6) is 0 Å². The Labute approximate surface area is 59.7 Å². The fourth-order valence-corrected chi connectivity index (χ4v) is 0.448. The quantitative estimate of drug-likeness (QED) is 0.612. The van der Waals surface area contributed by atoms with E-state index < -0.39 is 0 Å². The molecule has 1 N–H and O–H groups in total. The van der Waals surface area contributed by atoms with Crippen LogP contribution in [0.3, 0.4) is 0 Å². The van der Waals surface area contributed by atoms with Crippen LogP contribution in [0.4, 0.5) is 0 Å². The van der Waals surface area contributed by atoms with Crippen molar-refractivity contribution in [1.82, 2.24) is 5.32 Å². The Morgan fingerprint density at radius 3 is 2.62 bits per heavy atom. The van der Waals surface area contributed by atoms with Gasteiger partial charge in [0.25, 0.3) is 0 Å². The molecule has 0 aromatic carbocycles. The molecule has 0 fully saturated rings. The van der Waals surface area contributed by atoms with Gasteiger partial charge < -0.3 is 5.32 Å². The third-order valence-corrected chi connectivity index (χ3v) is 0.959. The fraction of sp³-hybridized carbons (Fsp3) is 0.600. The third kappa shape index (κ3) is 6.28. The van der Waals surface area contributed by atoms with Crippen LogP contribution in [-0.2, 0) is 0 Å². The lowest BCUT2D eigenvalue weighted by molar-refractivity contribution is 0.799. The SMILES string of the molecule is CCNCC=C(Cl)Cl. The zero-order valence-electron chi connectivity index (χ0n) is 4.75. The second kappa shape index (κ2) is 5.42. The van der Waals surface area contributed by atoms with Gasteiger partial charge in [0.2, 0.25) is 0 Å². The summed E-state index contributed by atoms with van der Waals surface area (Å²) in [5, 5.41) is 3.03. The number of likely N-dealkylation sites (N-methyl/N-ethyl adjacent to an activating group) is 1. The van der Waals surface area contributed by atoms with Crippen molar-refractivity contribution in [3.63, 3.8) is 0 Å². The molecule has 0 amide bonds. The second-order valence-corrected chi connectivity index (χ2v) is 2.31. The van der Waals surface area contributed by atoms with E-state index in [1.54, 1.807) is 6.08 Å². The summed E-state index contributed by atoms with van der Waals surface area (Å²) in [6.45, 7) is 3.71. The molecule has 0 aliphatic rings. The first kappa shape index (κ1) is 8.28. The van der Waals surface area contributed by atoms with Gasteiger partial charge in [-0.2, -0.15) is 0 Å². The number of rotatable bonds is 3. The van der Waals surface area contributed by atoms with E-state index in [-0.39, 0.29) is 0 Å². The zero-order chi connectivity index (χ0) is 6.41. The van der Waals surface area contributed by atoms with Crippen LogP contribution in [-0.4, -0.2) is 13.1 Å². The molecule has 8 heavy (non-hydrogen) atoms. The van der Waals surface area contributed by atoms with Crippen molar-refractivity contribution in [3.05, 3.63) is 10.6 Å². The Hall–Kier alpha value is 0.280. The average molecular weight is 154 g/mol. The average Bonchev–Trinajstić information content (AvgIpc) is 1.66. The van der Waals surface area contributed by atoms with Gasteiger partial charge in [0, 0.05) is 6.54 Å². The largest absolute Gasteiger partial charge is 0.313 e. The molecule has 0 saturated carbocycles. The maximum atomic E-state index is 5.30. The van der Waals surface area contributed by atoms with Crippen molar-refractivity contribution in [3.8, 4) is 0 Å². The maximum absolute atomic E-state index is 5.30. The molecule has 0 aromatic heterocycles. The standard InChI is InChI=1S/C5H9Cl2N/c1-2-8-4-3-5(6)7/h3,8H,2,4H2,1H3. The molecule has 0 aliphatic heterocycles. The van der Waals surface area contributed by atoms with Gasteiger partial charge in [-0.05, 0) is 12.6 Å². The van der Waals surface area contributed by atoms with Gasteiger partial charge in [0.1, 0.15) is 4.49 Å². The third-order valence-electron chi connectivity index (χ3n) is 0.651. The Balaban J connectivity index is 3.03. The minimum Gasteiger partial charge on any atom is -0.313 e. The van der Waals surface area contributed by atoms with Crippen molar-refractivity contribution in [1.29, 1.82) is 0 Å². The summed E-state index contributed by atoms with van der Waals surface area (Å²) in [6, 6.07) is 0.